The molecule has 0 aliphatic rings. The van der Waals surface area contributed by atoms with Gasteiger partial charge >= 0.3 is 0 Å². The molecule has 3 aromatic carbocycles. The van der Waals surface area contributed by atoms with Crippen LogP contribution in [0.5, 0.6) is 5.75 Å². The third-order valence-electron chi connectivity index (χ3n) is 6.51. The molecule has 0 aliphatic carbocycles. The molecule has 1 atom stereocenters. The second-order valence-electron chi connectivity index (χ2n) is 9.24. The maximum Gasteiger partial charge on any atom is 0.264 e. The van der Waals surface area contributed by atoms with Gasteiger partial charge in [0, 0.05) is 13.6 Å². The summed E-state index contributed by atoms with van der Waals surface area (Å²) in [4.78, 5) is 28.0. The molecule has 0 unspecified atom stereocenters. The number of hydrogen-bond donors (Lipinski definition) is 1. The van der Waals surface area contributed by atoms with E-state index >= 15 is 0 Å². The molecule has 2 amide bonds. The van der Waals surface area contributed by atoms with Crippen molar-refractivity contribution >= 4 is 27.5 Å². The zero-order valence-electron chi connectivity index (χ0n) is 22.7. The topological polar surface area (TPSA) is 96.0 Å². The second-order valence-corrected chi connectivity index (χ2v) is 11.1. The number of nitrogens with one attached hydrogen (secondary N) is 1. The van der Waals surface area contributed by atoms with Crippen LogP contribution >= 0.6 is 0 Å². The van der Waals surface area contributed by atoms with Gasteiger partial charge in [0.1, 0.15) is 18.3 Å². The fourth-order valence-electron chi connectivity index (χ4n) is 4.11. The molecule has 3 aromatic rings. The summed E-state index contributed by atoms with van der Waals surface area (Å²) in [6.45, 7) is 6.87. The van der Waals surface area contributed by atoms with E-state index in [1.807, 2.05) is 45.0 Å². The molecule has 1 N–H and O–H groups in total. The Labute approximate surface area is 225 Å². The number of carbonyl (C=O) groups is 2. The lowest BCUT2D eigenvalue weighted by Gasteiger charge is -2.32. The normalized spacial score (nSPS) is 11.9. The number of hydrogen-bond acceptors (Lipinski definition) is 5. The average Bonchev–Trinajstić information content (AvgIpc) is 2.90. The van der Waals surface area contributed by atoms with Gasteiger partial charge < -0.3 is 15.0 Å². The first-order valence-electron chi connectivity index (χ1n) is 12.3. The highest BCUT2D eigenvalue weighted by molar-refractivity contribution is 7.92. The zero-order valence-corrected chi connectivity index (χ0v) is 23.5. The molecule has 0 heterocycles. The third kappa shape index (κ3) is 6.34. The molecular weight excluding hydrogens is 502 g/mol. The van der Waals surface area contributed by atoms with E-state index in [0.29, 0.717) is 5.75 Å². The van der Waals surface area contributed by atoms with E-state index in [1.165, 1.54) is 31.2 Å². The number of likely N-dealkylation sites (N-methyl/N-ethyl adjacent to an activating group) is 1. The van der Waals surface area contributed by atoms with Crippen LogP contribution in [-0.4, -0.2) is 51.9 Å². The monoisotopic (exact) mass is 537 g/mol. The molecule has 8 nitrogen and oxygen atoms in total. The lowest BCUT2D eigenvalue weighted by atomic mass is 10.1. The van der Waals surface area contributed by atoms with E-state index in [2.05, 4.69) is 5.32 Å². The zero-order chi connectivity index (χ0) is 28.0. The summed E-state index contributed by atoms with van der Waals surface area (Å²) in [6, 6.07) is 18.3. The quantitative estimate of drug-likeness (QED) is 0.422. The summed E-state index contributed by atoms with van der Waals surface area (Å²) in [7, 11) is -1.23. The predicted octanol–water partition coefficient (Wildman–Crippen LogP) is 3.98. The molecule has 3 rings (SSSR count). The highest BCUT2D eigenvalue weighted by Gasteiger charge is 2.33. The Morgan fingerprint density at radius 2 is 1.58 bits per heavy atom. The molecule has 0 spiro atoms. The van der Waals surface area contributed by atoms with E-state index in [4.69, 9.17) is 4.74 Å². The summed E-state index contributed by atoms with van der Waals surface area (Å²) < 4.78 is 34.5. The molecule has 0 saturated heterocycles. The van der Waals surface area contributed by atoms with E-state index in [1.54, 1.807) is 37.3 Å². The fourth-order valence-corrected chi connectivity index (χ4v) is 5.52. The first kappa shape index (κ1) is 28.7. The summed E-state index contributed by atoms with van der Waals surface area (Å²) in [6.07, 6.45) is 0. The van der Waals surface area contributed by atoms with Crippen LogP contribution < -0.4 is 14.4 Å². The molecule has 202 valence electrons. The first-order chi connectivity index (χ1) is 18.0. The minimum absolute atomic E-state index is 0.0456. The minimum Gasteiger partial charge on any atom is -0.495 e. The number of rotatable bonds is 10. The van der Waals surface area contributed by atoms with Crippen molar-refractivity contribution in [1.82, 2.24) is 10.2 Å². The Hall–Kier alpha value is -3.85. The maximum atomic E-state index is 14.0. The van der Waals surface area contributed by atoms with Crippen molar-refractivity contribution in [3.63, 3.8) is 0 Å². The third-order valence-corrected chi connectivity index (χ3v) is 8.28. The lowest BCUT2D eigenvalue weighted by molar-refractivity contribution is -0.139. The van der Waals surface area contributed by atoms with E-state index in [9.17, 15) is 18.0 Å². The van der Waals surface area contributed by atoms with Crippen molar-refractivity contribution in [1.29, 1.82) is 0 Å². The van der Waals surface area contributed by atoms with Crippen molar-refractivity contribution in [2.75, 3.05) is 25.0 Å². The van der Waals surface area contributed by atoms with Gasteiger partial charge in [-0.2, -0.15) is 0 Å². The van der Waals surface area contributed by atoms with E-state index in [-0.39, 0.29) is 23.0 Å². The number of benzene rings is 3. The SMILES string of the molecule is CNC(=O)[C@H](C)N(Cc1ccccc1C)C(=O)CN(c1cc(C)ccc1OC)S(=O)(=O)c1ccc(C)cc1. The van der Waals surface area contributed by atoms with Gasteiger partial charge in [0.2, 0.25) is 11.8 Å². The molecule has 0 radical (unpaired) electrons. The van der Waals surface area contributed by atoms with Crippen LogP contribution in [0.25, 0.3) is 0 Å². The number of ether oxygens (including phenoxy) is 1. The van der Waals surface area contributed by atoms with Crippen molar-refractivity contribution in [2.45, 2.75) is 45.2 Å². The molecule has 0 bridgehead atoms. The van der Waals surface area contributed by atoms with Crippen LogP contribution in [-0.2, 0) is 26.2 Å². The largest absolute Gasteiger partial charge is 0.495 e. The molecule has 0 saturated carbocycles. The number of anilines is 1. The summed E-state index contributed by atoms with van der Waals surface area (Å²) in [5, 5.41) is 2.59. The maximum absolute atomic E-state index is 14.0. The number of sulfonamides is 1. The van der Waals surface area contributed by atoms with Crippen LogP contribution in [0.2, 0.25) is 0 Å². The Morgan fingerprint density at radius 3 is 2.18 bits per heavy atom. The van der Waals surface area contributed by atoms with Crippen LogP contribution in [0.15, 0.2) is 71.6 Å². The average molecular weight is 538 g/mol. The molecule has 0 aliphatic heterocycles. The second kappa shape index (κ2) is 12.1. The van der Waals surface area contributed by atoms with Crippen molar-refractivity contribution in [3.05, 3.63) is 89.0 Å². The predicted molar refractivity (Wildman–Crippen MR) is 149 cm³/mol. The van der Waals surface area contributed by atoms with E-state index < -0.39 is 28.5 Å². The van der Waals surface area contributed by atoms with Crippen molar-refractivity contribution < 1.29 is 22.7 Å². The number of nitrogens with zero attached hydrogens (tertiary/aromatic N) is 2. The van der Waals surface area contributed by atoms with Crippen LogP contribution in [0.1, 0.15) is 29.2 Å². The summed E-state index contributed by atoms with van der Waals surface area (Å²) >= 11 is 0. The minimum atomic E-state index is -4.18. The number of aryl methyl sites for hydroxylation is 3. The van der Waals surface area contributed by atoms with Gasteiger partial charge in [0.25, 0.3) is 10.0 Å². The van der Waals surface area contributed by atoms with Gasteiger partial charge in [0.05, 0.1) is 17.7 Å². The molecule has 0 aromatic heterocycles. The number of methoxy groups -OCH3 is 1. The Morgan fingerprint density at radius 1 is 0.947 bits per heavy atom. The van der Waals surface area contributed by atoms with Crippen LogP contribution in [0.3, 0.4) is 0 Å². The summed E-state index contributed by atoms with van der Waals surface area (Å²) in [5.41, 5.74) is 3.76. The Balaban J connectivity index is 2.12. The van der Waals surface area contributed by atoms with Crippen LogP contribution in [0.4, 0.5) is 5.69 Å². The smallest absolute Gasteiger partial charge is 0.264 e. The van der Waals surface area contributed by atoms with Gasteiger partial charge in [0.15, 0.2) is 0 Å². The highest BCUT2D eigenvalue weighted by atomic mass is 32.2. The molecule has 0 fully saturated rings. The van der Waals surface area contributed by atoms with Gasteiger partial charge in [-0.3, -0.25) is 13.9 Å². The van der Waals surface area contributed by atoms with Gasteiger partial charge in [-0.1, -0.05) is 48.0 Å². The molecule has 9 heteroatoms. The lowest BCUT2D eigenvalue weighted by Crippen LogP contribution is -2.50. The number of amides is 2. The highest BCUT2D eigenvalue weighted by Crippen LogP contribution is 2.34. The van der Waals surface area contributed by atoms with Gasteiger partial charge in [-0.05, 0) is 68.7 Å². The van der Waals surface area contributed by atoms with Gasteiger partial charge in [-0.15, -0.1) is 0 Å². The van der Waals surface area contributed by atoms with Crippen LogP contribution in [0, 0.1) is 20.8 Å². The van der Waals surface area contributed by atoms with Crippen molar-refractivity contribution in [2.24, 2.45) is 0 Å². The fraction of sp³-hybridized carbons (Fsp3) is 0.310. The standard InChI is InChI=1S/C29H35N3O5S/c1-20-11-14-25(15-12-20)38(35,36)32(26-17-21(2)13-16-27(26)37-6)19-28(33)31(23(4)29(34)30-5)18-24-10-8-7-9-22(24)3/h7-17,23H,18-19H2,1-6H3,(H,30,34)/t23-/m0/s1. The molecular formula is C29H35N3O5S. The Kier molecular flexibility index (Phi) is 9.17. The van der Waals surface area contributed by atoms with E-state index in [0.717, 1.165) is 26.6 Å². The summed E-state index contributed by atoms with van der Waals surface area (Å²) in [5.74, 6) is -0.569. The van der Waals surface area contributed by atoms with Crippen molar-refractivity contribution in [3.8, 4) is 5.75 Å². The first-order valence-corrected chi connectivity index (χ1v) is 13.7. The van der Waals surface area contributed by atoms with Gasteiger partial charge in [-0.25, -0.2) is 8.42 Å². The number of carbonyl (C=O) groups excluding carboxylic acids is 2. The Bertz CT molecular complexity index is 1400. The molecule has 38 heavy (non-hydrogen) atoms.